The van der Waals surface area contributed by atoms with Crippen LogP contribution in [-0.4, -0.2) is 0 Å². The van der Waals surface area contributed by atoms with Crippen LogP contribution in [0.3, 0.4) is 0 Å². The number of nitriles is 1. The van der Waals surface area contributed by atoms with Gasteiger partial charge in [-0.3, -0.25) is 0 Å². The lowest BCUT2D eigenvalue weighted by atomic mass is 10.1. The molecular formula is C9H16N. The van der Waals surface area contributed by atoms with Gasteiger partial charge in [-0.1, -0.05) is 39.0 Å². The minimum atomic E-state index is 0.972. The highest BCUT2D eigenvalue weighted by atomic mass is 14.2. The summed E-state index contributed by atoms with van der Waals surface area (Å²) in [5.74, 6) is 0. The van der Waals surface area contributed by atoms with E-state index in [-0.39, 0.29) is 0 Å². The Kier molecular flexibility index (Phi) is 8.06. The zero-order valence-corrected chi connectivity index (χ0v) is 6.77. The fraction of sp³-hybridized carbons (Fsp3) is 0.778. The molecule has 0 aliphatic rings. The summed E-state index contributed by atoms with van der Waals surface area (Å²) in [5.41, 5.74) is 0. The van der Waals surface area contributed by atoms with Gasteiger partial charge in [0.05, 0.1) is 12.5 Å². The topological polar surface area (TPSA) is 23.8 Å². The summed E-state index contributed by atoms with van der Waals surface area (Å²) in [5, 5.41) is 8.16. The molecule has 10 heavy (non-hydrogen) atoms. The second kappa shape index (κ2) is 8.49. The molecule has 0 aromatic carbocycles. The van der Waals surface area contributed by atoms with E-state index in [1.165, 1.54) is 32.1 Å². The molecule has 1 radical (unpaired) electrons. The number of hydrogen-bond acceptors (Lipinski definition) is 1. The number of hydrogen-bond donors (Lipinski definition) is 0. The SMILES string of the molecule is CCCCCCC[CH]C#N. The Morgan fingerprint density at radius 2 is 1.90 bits per heavy atom. The van der Waals surface area contributed by atoms with Gasteiger partial charge in [0.1, 0.15) is 0 Å². The zero-order valence-electron chi connectivity index (χ0n) is 6.77. The van der Waals surface area contributed by atoms with Crippen LogP contribution in [0, 0.1) is 17.8 Å². The fourth-order valence-corrected chi connectivity index (χ4v) is 0.915. The van der Waals surface area contributed by atoms with Crippen molar-refractivity contribution in [3.63, 3.8) is 0 Å². The van der Waals surface area contributed by atoms with Crippen LogP contribution in [0.25, 0.3) is 0 Å². The largest absolute Gasteiger partial charge is 0.198 e. The average Bonchev–Trinajstić information content (AvgIpc) is 1.97. The lowest BCUT2D eigenvalue weighted by Gasteiger charge is -1.95. The van der Waals surface area contributed by atoms with Crippen molar-refractivity contribution in [1.29, 1.82) is 5.26 Å². The molecule has 0 aromatic rings. The molecule has 1 heteroatoms. The molecule has 0 rings (SSSR count). The van der Waals surface area contributed by atoms with E-state index >= 15 is 0 Å². The van der Waals surface area contributed by atoms with E-state index in [4.69, 9.17) is 5.26 Å². The average molecular weight is 138 g/mol. The standard InChI is InChI=1S/C9H16N/c1-2-3-4-5-6-7-8-9-10/h8H,2-7H2,1H3. The van der Waals surface area contributed by atoms with Crippen LogP contribution < -0.4 is 0 Å². The van der Waals surface area contributed by atoms with Gasteiger partial charge in [-0.15, -0.1) is 0 Å². The predicted molar refractivity (Wildman–Crippen MR) is 43.3 cm³/mol. The van der Waals surface area contributed by atoms with Crippen molar-refractivity contribution >= 4 is 0 Å². The summed E-state index contributed by atoms with van der Waals surface area (Å²) in [6, 6.07) is 2.03. The zero-order chi connectivity index (χ0) is 7.66. The van der Waals surface area contributed by atoms with Crippen molar-refractivity contribution in [2.45, 2.75) is 45.4 Å². The molecule has 0 unspecified atom stereocenters. The van der Waals surface area contributed by atoms with Gasteiger partial charge in [0.25, 0.3) is 0 Å². The lowest BCUT2D eigenvalue weighted by molar-refractivity contribution is 0.632. The number of rotatable bonds is 6. The van der Waals surface area contributed by atoms with Crippen LogP contribution in [0.15, 0.2) is 0 Å². The van der Waals surface area contributed by atoms with E-state index < -0.39 is 0 Å². The van der Waals surface area contributed by atoms with Crippen LogP contribution in [-0.2, 0) is 0 Å². The Balaban J connectivity index is 2.72. The van der Waals surface area contributed by atoms with Gasteiger partial charge >= 0.3 is 0 Å². The number of nitrogens with zero attached hydrogens (tertiary/aromatic N) is 1. The van der Waals surface area contributed by atoms with Crippen LogP contribution in [0.5, 0.6) is 0 Å². The second-order valence-electron chi connectivity index (χ2n) is 2.54. The summed E-state index contributed by atoms with van der Waals surface area (Å²) >= 11 is 0. The summed E-state index contributed by atoms with van der Waals surface area (Å²) in [6.45, 7) is 2.21. The maximum atomic E-state index is 8.16. The Morgan fingerprint density at radius 3 is 2.50 bits per heavy atom. The van der Waals surface area contributed by atoms with E-state index in [1.807, 2.05) is 6.07 Å². The molecule has 0 N–H and O–H groups in total. The van der Waals surface area contributed by atoms with Gasteiger partial charge in [-0.25, -0.2) is 0 Å². The summed E-state index contributed by atoms with van der Waals surface area (Å²) in [4.78, 5) is 0. The van der Waals surface area contributed by atoms with Gasteiger partial charge in [0, 0.05) is 0 Å². The Labute approximate surface area is 64.1 Å². The molecule has 1 nitrogen and oxygen atoms in total. The van der Waals surface area contributed by atoms with E-state index in [0.717, 1.165) is 6.42 Å². The molecular weight excluding hydrogens is 122 g/mol. The normalized spacial score (nSPS) is 9.20. The van der Waals surface area contributed by atoms with Gasteiger partial charge in [0.2, 0.25) is 0 Å². The maximum Gasteiger partial charge on any atom is 0.0669 e. The molecule has 0 saturated heterocycles. The van der Waals surface area contributed by atoms with Crippen LogP contribution in [0.4, 0.5) is 0 Å². The van der Waals surface area contributed by atoms with Gasteiger partial charge in [-0.05, 0) is 6.42 Å². The van der Waals surface area contributed by atoms with Crippen LogP contribution in [0.1, 0.15) is 45.4 Å². The molecule has 0 spiro atoms. The van der Waals surface area contributed by atoms with Crippen molar-refractivity contribution in [3.8, 4) is 6.07 Å². The van der Waals surface area contributed by atoms with Crippen LogP contribution >= 0.6 is 0 Å². The van der Waals surface area contributed by atoms with E-state index in [2.05, 4.69) is 6.92 Å². The minimum absolute atomic E-state index is 0.972. The van der Waals surface area contributed by atoms with Gasteiger partial charge in [0.15, 0.2) is 0 Å². The molecule has 0 heterocycles. The fourth-order valence-electron chi connectivity index (χ4n) is 0.915. The molecule has 0 aromatic heterocycles. The molecule has 0 amide bonds. The van der Waals surface area contributed by atoms with Crippen molar-refractivity contribution in [3.05, 3.63) is 6.42 Å². The predicted octanol–water partition coefficient (Wildman–Crippen LogP) is 3.07. The van der Waals surface area contributed by atoms with E-state index in [0.29, 0.717) is 0 Å². The highest BCUT2D eigenvalue weighted by Gasteiger charge is 1.88. The second-order valence-corrected chi connectivity index (χ2v) is 2.54. The van der Waals surface area contributed by atoms with Crippen molar-refractivity contribution in [1.82, 2.24) is 0 Å². The maximum absolute atomic E-state index is 8.16. The molecule has 0 aliphatic carbocycles. The van der Waals surface area contributed by atoms with Gasteiger partial charge in [-0.2, -0.15) is 5.26 Å². The van der Waals surface area contributed by atoms with Crippen molar-refractivity contribution < 1.29 is 0 Å². The Bertz CT molecular complexity index is 91.4. The molecule has 0 bridgehead atoms. The minimum Gasteiger partial charge on any atom is -0.198 e. The summed E-state index contributed by atoms with van der Waals surface area (Å²) in [6.07, 6.45) is 9.09. The monoisotopic (exact) mass is 138 g/mol. The van der Waals surface area contributed by atoms with Crippen molar-refractivity contribution in [2.24, 2.45) is 0 Å². The molecule has 0 atom stereocenters. The molecule has 0 aliphatic heterocycles. The third-order valence-corrected chi connectivity index (χ3v) is 1.54. The molecule has 0 fully saturated rings. The first-order valence-corrected chi connectivity index (χ1v) is 4.13. The molecule has 57 valence electrons. The first kappa shape index (κ1) is 9.49. The van der Waals surface area contributed by atoms with Crippen LogP contribution in [0.2, 0.25) is 0 Å². The molecule has 0 saturated carbocycles. The number of unbranched alkanes of at least 4 members (excludes halogenated alkanes) is 6. The van der Waals surface area contributed by atoms with Gasteiger partial charge < -0.3 is 0 Å². The van der Waals surface area contributed by atoms with E-state index in [9.17, 15) is 0 Å². The Morgan fingerprint density at radius 1 is 1.20 bits per heavy atom. The Hall–Kier alpha value is -0.510. The first-order valence-electron chi connectivity index (χ1n) is 4.13. The summed E-state index contributed by atoms with van der Waals surface area (Å²) < 4.78 is 0. The summed E-state index contributed by atoms with van der Waals surface area (Å²) in [7, 11) is 0. The third kappa shape index (κ3) is 7.49. The van der Waals surface area contributed by atoms with E-state index in [1.54, 1.807) is 6.42 Å². The smallest absolute Gasteiger partial charge is 0.0669 e. The lowest BCUT2D eigenvalue weighted by Crippen LogP contribution is -1.77. The highest BCUT2D eigenvalue weighted by Crippen LogP contribution is 2.05. The third-order valence-electron chi connectivity index (χ3n) is 1.54. The quantitative estimate of drug-likeness (QED) is 0.517. The first-order chi connectivity index (χ1) is 4.91. The van der Waals surface area contributed by atoms with Crippen molar-refractivity contribution in [2.75, 3.05) is 0 Å². The highest BCUT2D eigenvalue weighted by molar-refractivity contribution is 4.90.